The molecule has 21 heteroatoms. The highest BCUT2D eigenvalue weighted by atomic mass is 16.6. The molecule has 0 unspecified atom stereocenters. The molecule has 0 bridgehead atoms. The second-order valence-corrected chi connectivity index (χ2v) is 9.25. The zero-order valence-corrected chi connectivity index (χ0v) is 40.7. The Morgan fingerprint density at radius 1 is 0.197 bits per heavy atom. The van der Waals surface area contributed by atoms with Gasteiger partial charge in [-0.1, -0.05) is 0 Å². The third kappa shape index (κ3) is 249. The third-order valence-corrected chi connectivity index (χ3v) is 3.48. The first-order valence-electron chi connectivity index (χ1n) is 19.0. The summed E-state index contributed by atoms with van der Waals surface area (Å²) < 4.78 is 44.0. The van der Waals surface area contributed by atoms with Crippen LogP contribution in [0.25, 0.3) is 0 Å². The van der Waals surface area contributed by atoms with Crippen LogP contribution in [0.5, 0.6) is 0 Å². The number of carbonyl (C=O) groups is 10. The molecule has 0 aliphatic carbocycles. The van der Waals surface area contributed by atoms with Gasteiger partial charge in [-0.2, -0.15) is 0 Å². The fourth-order valence-corrected chi connectivity index (χ4v) is 2.03. The largest absolute Gasteiger partial charge is 0.466 e. The first kappa shape index (κ1) is 83.4. The van der Waals surface area contributed by atoms with E-state index in [1.54, 1.807) is 69.2 Å². The summed E-state index contributed by atoms with van der Waals surface area (Å²) in [5.74, 6) is -2.11. The van der Waals surface area contributed by atoms with Crippen LogP contribution in [-0.2, 0) is 95.3 Å². The van der Waals surface area contributed by atoms with Gasteiger partial charge in [0, 0.05) is 69.2 Å². The Kier molecular flexibility index (Phi) is 108. The number of esters is 10. The lowest BCUT2D eigenvalue weighted by Crippen LogP contribution is -1.95. The van der Waals surface area contributed by atoms with Gasteiger partial charge in [0.2, 0.25) is 0 Å². The Labute approximate surface area is 364 Å². The van der Waals surface area contributed by atoms with Gasteiger partial charge in [0.1, 0.15) is 0 Å². The van der Waals surface area contributed by atoms with Gasteiger partial charge in [-0.25, -0.2) is 0 Å². The van der Waals surface area contributed by atoms with Crippen molar-refractivity contribution in [2.45, 2.75) is 138 Å². The predicted octanol–water partition coefficient (Wildman–Crippen LogP) is 4.87. The van der Waals surface area contributed by atoms with Crippen LogP contribution in [0.2, 0.25) is 0 Å². The van der Waals surface area contributed by atoms with Crippen LogP contribution < -0.4 is 0 Å². The second-order valence-electron chi connectivity index (χ2n) is 9.25. The van der Waals surface area contributed by atoms with E-state index < -0.39 is 0 Å². The molecule has 0 saturated heterocycles. The van der Waals surface area contributed by atoms with Crippen LogP contribution in [0, 0.1) is 0 Å². The summed E-state index contributed by atoms with van der Waals surface area (Å²) in [5.41, 5.74) is 0. The zero-order chi connectivity index (χ0) is 49.9. The highest BCUT2D eigenvalue weighted by Crippen LogP contribution is 1.74. The molecule has 0 radical (unpaired) electrons. The monoisotopic (exact) mass is 899 g/mol. The van der Waals surface area contributed by atoms with E-state index in [4.69, 9.17) is 0 Å². The number of hydrogen-bond donors (Lipinski definition) is 0. The second kappa shape index (κ2) is 78.9. The molecule has 0 saturated carbocycles. The van der Waals surface area contributed by atoms with Gasteiger partial charge in [0.15, 0.2) is 0 Å². The van der Waals surface area contributed by atoms with Crippen molar-refractivity contribution in [1.29, 1.82) is 0 Å². The average molecular weight is 899 g/mol. The van der Waals surface area contributed by atoms with Crippen molar-refractivity contribution in [2.75, 3.05) is 66.1 Å². The molecule has 0 aromatic rings. The molecule has 0 aliphatic heterocycles. The molecule has 0 rings (SSSR count). The van der Waals surface area contributed by atoms with Crippen LogP contribution in [0.4, 0.5) is 0 Å². The summed E-state index contributed by atoms with van der Waals surface area (Å²) in [7, 11) is 0. The molecule has 61 heavy (non-hydrogen) atoms. The van der Waals surface area contributed by atoms with Crippen LogP contribution in [0.3, 0.4) is 0 Å². The van der Waals surface area contributed by atoms with Crippen molar-refractivity contribution in [3.05, 3.63) is 0 Å². The summed E-state index contributed by atoms with van der Waals surface area (Å²) >= 11 is 0. The fraction of sp³-hybridized carbons (Fsp3) is 0.750. The smallest absolute Gasteiger partial charge is 0.302 e. The predicted molar refractivity (Wildman–Crippen MR) is 227 cm³/mol. The Hall–Kier alpha value is -5.34. The number of carbonyl (C=O) groups excluding carboxylic acids is 10. The lowest BCUT2D eigenvalue weighted by Gasteiger charge is -1.89. The van der Waals surface area contributed by atoms with Gasteiger partial charge in [0.05, 0.1) is 66.1 Å². The molecule has 0 aromatic carbocycles. The van der Waals surface area contributed by atoms with Gasteiger partial charge in [-0.15, -0.1) is 0 Å². The fourth-order valence-electron chi connectivity index (χ4n) is 2.03. The highest BCUT2D eigenvalue weighted by molar-refractivity contribution is 5.68. The quantitative estimate of drug-likeness (QED) is 0.209. The average Bonchev–Trinajstić information content (AvgIpc) is 3.07. The third-order valence-electron chi connectivity index (χ3n) is 3.48. The number of hydrogen-bond acceptors (Lipinski definition) is 20. The van der Waals surface area contributed by atoms with Crippen LogP contribution in [-0.4, -0.2) is 131 Å². The van der Waals surface area contributed by atoms with Gasteiger partial charge >= 0.3 is 59.7 Å². The first-order chi connectivity index (χ1) is 27.7. The highest BCUT2D eigenvalue weighted by Gasteiger charge is 1.86. The van der Waals surface area contributed by atoms with Crippen molar-refractivity contribution in [3.63, 3.8) is 0 Å². The molecule has 0 heterocycles. The van der Waals surface area contributed by atoms with E-state index in [9.17, 15) is 47.9 Å². The molecule has 368 valence electrons. The van der Waals surface area contributed by atoms with Gasteiger partial charge in [-0.05, 0) is 69.2 Å². The van der Waals surface area contributed by atoms with Crippen molar-refractivity contribution < 1.29 is 101 Å². The standard InChI is InChI=1S/10C4H8O2.H2O/c10*1-3-6-4(2)5;/h10*3H2,1-2H3;1H2. The molecule has 0 atom stereocenters. The molecule has 2 N–H and O–H groups in total. The molecule has 0 amide bonds. The Bertz CT molecular complexity index is 762. The molecule has 0 fully saturated rings. The normalized spacial score (nSPS) is 7.54. The van der Waals surface area contributed by atoms with E-state index in [0.717, 1.165) is 0 Å². The minimum Gasteiger partial charge on any atom is -0.466 e. The van der Waals surface area contributed by atoms with Crippen molar-refractivity contribution in [1.82, 2.24) is 0 Å². The molecular weight excluding hydrogens is 816 g/mol. The summed E-state index contributed by atoms with van der Waals surface area (Å²) in [4.78, 5) is 98.2. The SMILES string of the molecule is CCOC(C)=O.CCOC(C)=O.CCOC(C)=O.CCOC(C)=O.CCOC(C)=O.CCOC(C)=O.CCOC(C)=O.CCOC(C)=O.CCOC(C)=O.CCOC(C)=O.O. The summed E-state index contributed by atoms with van der Waals surface area (Å²) in [5, 5.41) is 0. The van der Waals surface area contributed by atoms with Crippen LogP contribution in [0.15, 0.2) is 0 Å². The lowest BCUT2D eigenvalue weighted by atomic mass is 10.8. The first-order valence-corrected chi connectivity index (χ1v) is 19.0. The topological polar surface area (TPSA) is 294 Å². The van der Waals surface area contributed by atoms with Crippen molar-refractivity contribution in [2.24, 2.45) is 0 Å². The lowest BCUT2D eigenvalue weighted by molar-refractivity contribution is -0.141. The van der Waals surface area contributed by atoms with Crippen molar-refractivity contribution >= 4 is 59.7 Å². The van der Waals surface area contributed by atoms with E-state index in [1.165, 1.54) is 69.2 Å². The summed E-state index contributed by atoms with van der Waals surface area (Å²) in [6.07, 6.45) is 0. The van der Waals surface area contributed by atoms with Gasteiger partial charge < -0.3 is 52.8 Å². The molecule has 0 aliphatic rings. The number of rotatable bonds is 10. The Morgan fingerprint density at radius 2 is 0.246 bits per heavy atom. The Balaban J connectivity index is -0.0000000505. The minimum absolute atomic E-state index is 0. The van der Waals surface area contributed by atoms with E-state index in [0.29, 0.717) is 66.1 Å². The maximum Gasteiger partial charge on any atom is 0.302 e. The maximum atomic E-state index is 9.82. The maximum absolute atomic E-state index is 9.82. The molecule has 0 aromatic heterocycles. The van der Waals surface area contributed by atoms with Gasteiger partial charge in [0.25, 0.3) is 0 Å². The zero-order valence-electron chi connectivity index (χ0n) is 40.7. The van der Waals surface area contributed by atoms with Crippen LogP contribution >= 0.6 is 0 Å². The van der Waals surface area contributed by atoms with E-state index >= 15 is 0 Å². The van der Waals surface area contributed by atoms with Gasteiger partial charge in [-0.3, -0.25) is 47.9 Å². The molecule has 21 nitrogen and oxygen atoms in total. The van der Waals surface area contributed by atoms with Crippen LogP contribution in [0.1, 0.15) is 138 Å². The summed E-state index contributed by atoms with van der Waals surface area (Å²) in [6.45, 7) is 36.5. The van der Waals surface area contributed by atoms with E-state index in [2.05, 4.69) is 47.4 Å². The van der Waals surface area contributed by atoms with E-state index in [-0.39, 0.29) is 65.2 Å². The van der Waals surface area contributed by atoms with E-state index in [1.807, 2.05) is 0 Å². The molecular formula is C40H82O21. The summed E-state index contributed by atoms with van der Waals surface area (Å²) in [6, 6.07) is 0. The van der Waals surface area contributed by atoms with Crippen molar-refractivity contribution in [3.8, 4) is 0 Å². The minimum atomic E-state index is -0.211. The number of ether oxygens (including phenoxy) is 10. The molecule has 0 spiro atoms. The Morgan fingerprint density at radius 3 is 0.246 bits per heavy atom.